The molecule has 0 aliphatic carbocycles. The van der Waals surface area contributed by atoms with E-state index < -0.39 is 0 Å². The summed E-state index contributed by atoms with van der Waals surface area (Å²) < 4.78 is 9.77. The van der Waals surface area contributed by atoms with Crippen molar-refractivity contribution >= 4 is 17.4 Å². The Kier molecular flexibility index (Phi) is 5.12. The van der Waals surface area contributed by atoms with Crippen molar-refractivity contribution in [3.8, 4) is 5.88 Å². The number of carbonyl (C=O) groups excluding carboxylic acids is 1. The molecule has 7 nitrogen and oxygen atoms in total. The molecule has 122 valence electrons. The third kappa shape index (κ3) is 3.82. The molecule has 3 heterocycles. The Morgan fingerprint density at radius 1 is 1.48 bits per heavy atom. The van der Waals surface area contributed by atoms with Crippen molar-refractivity contribution in [1.82, 2.24) is 24.7 Å². The first-order valence-corrected chi connectivity index (χ1v) is 8.60. The van der Waals surface area contributed by atoms with Gasteiger partial charge in [-0.05, 0) is 36.9 Å². The first-order chi connectivity index (χ1) is 11.3. The SMILES string of the molecule is CCCc1nnsc1C(=O)N1CCC[C@H](Oc2cccnn2)C1. The second-order valence-electron chi connectivity index (χ2n) is 5.49. The molecule has 2 aromatic rings. The summed E-state index contributed by atoms with van der Waals surface area (Å²) in [5.41, 5.74) is 0.805. The van der Waals surface area contributed by atoms with E-state index in [9.17, 15) is 4.79 Å². The molecular formula is C15H19N5O2S. The van der Waals surface area contributed by atoms with Gasteiger partial charge in [0.25, 0.3) is 5.91 Å². The largest absolute Gasteiger partial charge is 0.471 e. The zero-order valence-electron chi connectivity index (χ0n) is 13.0. The van der Waals surface area contributed by atoms with Gasteiger partial charge in [-0.15, -0.1) is 10.2 Å². The lowest BCUT2D eigenvalue weighted by molar-refractivity contribution is 0.0528. The van der Waals surface area contributed by atoms with Gasteiger partial charge < -0.3 is 9.64 Å². The highest BCUT2D eigenvalue weighted by atomic mass is 32.1. The molecule has 0 bridgehead atoms. The molecule has 0 aromatic carbocycles. The van der Waals surface area contributed by atoms with Crippen LogP contribution in [0.2, 0.25) is 0 Å². The van der Waals surface area contributed by atoms with Crippen LogP contribution in [0.25, 0.3) is 0 Å². The van der Waals surface area contributed by atoms with E-state index in [0.717, 1.165) is 37.9 Å². The Morgan fingerprint density at radius 3 is 3.17 bits per heavy atom. The molecular weight excluding hydrogens is 314 g/mol. The van der Waals surface area contributed by atoms with Gasteiger partial charge in [0.05, 0.1) is 12.2 Å². The first-order valence-electron chi connectivity index (χ1n) is 7.82. The van der Waals surface area contributed by atoms with Crippen LogP contribution in [0.15, 0.2) is 18.3 Å². The number of piperidine rings is 1. The van der Waals surface area contributed by atoms with Crippen molar-refractivity contribution in [3.05, 3.63) is 28.9 Å². The highest BCUT2D eigenvalue weighted by Gasteiger charge is 2.28. The van der Waals surface area contributed by atoms with Crippen LogP contribution in [0, 0.1) is 0 Å². The van der Waals surface area contributed by atoms with Crippen molar-refractivity contribution in [3.63, 3.8) is 0 Å². The molecule has 1 aliphatic rings. The molecule has 0 saturated carbocycles. The van der Waals surface area contributed by atoms with Crippen LogP contribution >= 0.6 is 11.5 Å². The van der Waals surface area contributed by atoms with E-state index in [0.29, 0.717) is 17.3 Å². The number of ether oxygens (including phenoxy) is 1. The summed E-state index contributed by atoms with van der Waals surface area (Å²) in [6.07, 6.45) is 5.10. The number of nitrogens with zero attached hydrogens (tertiary/aromatic N) is 5. The van der Waals surface area contributed by atoms with Crippen molar-refractivity contribution in [2.45, 2.75) is 38.7 Å². The van der Waals surface area contributed by atoms with Crippen molar-refractivity contribution in [2.24, 2.45) is 0 Å². The summed E-state index contributed by atoms with van der Waals surface area (Å²) in [5.74, 6) is 0.508. The number of carbonyl (C=O) groups is 1. The second kappa shape index (κ2) is 7.45. The first kappa shape index (κ1) is 15.8. The molecule has 23 heavy (non-hydrogen) atoms. The van der Waals surface area contributed by atoms with Crippen molar-refractivity contribution < 1.29 is 9.53 Å². The maximum absolute atomic E-state index is 12.7. The highest BCUT2D eigenvalue weighted by Crippen LogP contribution is 2.21. The topological polar surface area (TPSA) is 81.1 Å². The van der Waals surface area contributed by atoms with E-state index in [1.165, 1.54) is 11.5 Å². The van der Waals surface area contributed by atoms with Gasteiger partial charge >= 0.3 is 0 Å². The number of amides is 1. The molecule has 1 aliphatic heterocycles. The number of rotatable bonds is 5. The Morgan fingerprint density at radius 2 is 2.39 bits per heavy atom. The third-order valence-electron chi connectivity index (χ3n) is 3.74. The fourth-order valence-corrected chi connectivity index (χ4v) is 3.33. The van der Waals surface area contributed by atoms with Gasteiger partial charge in [0, 0.05) is 18.8 Å². The Hall–Kier alpha value is -2.09. The van der Waals surface area contributed by atoms with Gasteiger partial charge in [-0.3, -0.25) is 4.79 Å². The van der Waals surface area contributed by atoms with Crippen LogP contribution in [-0.4, -0.2) is 49.8 Å². The number of aryl methyl sites for hydroxylation is 1. The van der Waals surface area contributed by atoms with Gasteiger partial charge in [-0.2, -0.15) is 5.10 Å². The predicted octanol–water partition coefficient (Wildman–Crippen LogP) is 1.96. The molecule has 8 heteroatoms. The quantitative estimate of drug-likeness (QED) is 0.832. The van der Waals surface area contributed by atoms with E-state index in [4.69, 9.17) is 4.74 Å². The zero-order valence-corrected chi connectivity index (χ0v) is 13.8. The monoisotopic (exact) mass is 333 g/mol. The molecule has 1 atom stereocenters. The minimum absolute atomic E-state index is 0.0101. The van der Waals surface area contributed by atoms with Gasteiger partial charge in [0.15, 0.2) is 0 Å². The van der Waals surface area contributed by atoms with Gasteiger partial charge in [-0.25, -0.2) is 0 Å². The average Bonchev–Trinajstić information content (AvgIpc) is 3.04. The van der Waals surface area contributed by atoms with Crippen molar-refractivity contribution in [1.29, 1.82) is 0 Å². The van der Waals surface area contributed by atoms with Crippen LogP contribution in [0.4, 0.5) is 0 Å². The fourth-order valence-electron chi connectivity index (χ4n) is 2.65. The summed E-state index contributed by atoms with van der Waals surface area (Å²) in [4.78, 5) is 15.2. The lowest BCUT2D eigenvalue weighted by Gasteiger charge is -2.32. The summed E-state index contributed by atoms with van der Waals surface area (Å²) >= 11 is 1.18. The van der Waals surface area contributed by atoms with Crippen molar-refractivity contribution in [2.75, 3.05) is 13.1 Å². The van der Waals surface area contributed by atoms with Crippen LogP contribution in [0.3, 0.4) is 0 Å². The molecule has 2 aromatic heterocycles. The van der Waals surface area contributed by atoms with Crippen LogP contribution < -0.4 is 4.74 Å². The summed E-state index contributed by atoms with van der Waals surface area (Å²) in [6.45, 7) is 3.36. The molecule has 3 rings (SSSR count). The number of hydrogen-bond donors (Lipinski definition) is 0. The van der Waals surface area contributed by atoms with E-state index in [1.54, 1.807) is 18.3 Å². The highest BCUT2D eigenvalue weighted by molar-refractivity contribution is 7.08. The van der Waals surface area contributed by atoms with Gasteiger partial charge in [0.2, 0.25) is 5.88 Å². The molecule has 0 N–H and O–H groups in total. The summed E-state index contributed by atoms with van der Waals surface area (Å²) in [5, 5.41) is 11.8. The van der Waals surface area contributed by atoms with E-state index >= 15 is 0 Å². The maximum atomic E-state index is 12.7. The third-order valence-corrected chi connectivity index (χ3v) is 4.49. The summed E-state index contributed by atoms with van der Waals surface area (Å²) in [6, 6.07) is 3.56. The fraction of sp³-hybridized carbons (Fsp3) is 0.533. The average molecular weight is 333 g/mol. The molecule has 0 radical (unpaired) electrons. The van der Waals surface area contributed by atoms with Gasteiger partial charge in [-0.1, -0.05) is 17.8 Å². The molecule has 1 fully saturated rings. The normalized spacial score (nSPS) is 18.0. The number of hydrogen-bond acceptors (Lipinski definition) is 7. The standard InChI is InChI=1S/C15H19N5O2S/c1-2-5-12-14(23-19-17-12)15(21)20-9-4-6-11(10-20)22-13-7-3-8-16-18-13/h3,7-8,11H,2,4-6,9-10H2,1H3/t11-/m0/s1. The van der Waals surface area contributed by atoms with Crippen LogP contribution in [0.5, 0.6) is 5.88 Å². The lowest BCUT2D eigenvalue weighted by Crippen LogP contribution is -2.44. The minimum Gasteiger partial charge on any atom is -0.471 e. The molecule has 1 amide bonds. The molecule has 0 unspecified atom stereocenters. The predicted molar refractivity (Wildman–Crippen MR) is 85.5 cm³/mol. The van der Waals surface area contributed by atoms with E-state index in [1.807, 2.05) is 4.90 Å². The smallest absolute Gasteiger partial charge is 0.267 e. The molecule has 0 spiro atoms. The zero-order chi connectivity index (χ0) is 16.1. The Balaban J connectivity index is 1.66. The van der Waals surface area contributed by atoms with Crippen LogP contribution in [-0.2, 0) is 6.42 Å². The summed E-state index contributed by atoms with van der Waals surface area (Å²) in [7, 11) is 0. The van der Waals surface area contributed by atoms with Gasteiger partial charge in [0.1, 0.15) is 11.0 Å². The van der Waals surface area contributed by atoms with E-state index in [-0.39, 0.29) is 12.0 Å². The van der Waals surface area contributed by atoms with E-state index in [2.05, 4.69) is 26.7 Å². The second-order valence-corrected chi connectivity index (χ2v) is 6.25. The lowest BCUT2D eigenvalue weighted by atomic mass is 10.1. The number of aromatic nitrogens is 4. The number of likely N-dealkylation sites (tertiary alicyclic amines) is 1. The van der Waals surface area contributed by atoms with Crippen LogP contribution in [0.1, 0.15) is 41.6 Å². The Bertz CT molecular complexity index is 648. The molecule has 1 saturated heterocycles. The minimum atomic E-state index is -0.0556. The maximum Gasteiger partial charge on any atom is 0.267 e. The Labute approximate surface area is 138 Å².